The lowest BCUT2D eigenvalue weighted by Gasteiger charge is -2.09. The van der Waals surface area contributed by atoms with Gasteiger partial charge in [0.25, 0.3) is 5.91 Å². The molecule has 0 radical (unpaired) electrons. The summed E-state index contributed by atoms with van der Waals surface area (Å²) in [6, 6.07) is 18.4. The number of hydrogen-bond acceptors (Lipinski definition) is 2. The maximum atomic E-state index is 11.7. The van der Waals surface area contributed by atoms with Crippen LogP contribution in [-0.2, 0) is 0 Å². The molecule has 0 unspecified atom stereocenters. The van der Waals surface area contributed by atoms with E-state index in [1.807, 2.05) is 48.5 Å². The number of hydrogen-bond donors (Lipinski definition) is 2. The van der Waals surface area contributed by atoms with Crippen molar-refractivity contribution in [3.63, 3.8) is 0 Å². The van der Waals surface area contributed by atoms with Crippen molar-refractivity contribution in [1.82, 2.24) is 10.9 Å². The van der Waals surface area contributed by atoms with Gasteiger partial charge < -0.3 is 0 Å². The normalized spacial score (nSPS) is 9.56. The van der Waals surface area contributed by atoms with Crippen molar-refractivity contribution in [2.24, 2.45) is 0 Å². The fourth-order valence-corrected chi connectivity index (χ4v) is 1.62. The van der Waals surface area contributed by atoms with Crippen LogP contribution < -0.4 is 10.9 Å². The van der Waals surface area contributed by atoms with Gasteiger partial charge in [-0.2, -0.15) is 0 Å². The SMILES string of the molecule is O=C(NNC(=S)c1ccccc1)c1ccccc1. The van der Waals surface area contributed by atoms with Crippen LogP contribution in [0, 0.1) is 0 Å². The number of benzene rings is 2. The first-order valence-corrected chi connectivity index (χ1v) is 5.89. The number of carbonyl (C=O) groups is 1. The molecule has 0 spiro atoms. The van der Waals surface area contributed by atoms with E-state index in [4.69, 9.17) is 12.2 Å². The van der Waals surface area contributed by atoms with Crippen molar-refractivity contribution < 1.29 is 4.79 Å². The zero-order valence-electron chi connectivity index (χ0n) is 9.59. The quantitative estimate of drug-likeness (QED) is 0.640. The zero-order chi connectivity index (χ0) is 12.8. The first-order chi connectivity index (χ1) is 8.77. The summed E-state index contributed by atoms with van der Waals surface area (Å²) >= 11 is 5.16. The molecule has 0 heterocycles. The smallest absolute Gasteiger partial charge is 0.269 e. The zero-order valence-corrected chi connectivity index (χ0v) is 10.4. The Morgan fingerprint density at radius 1 is 0.778 bits per heavy atom. The third-order valence-corrected chi connectivity index (χ3v) is 2.70. The van der Waals surface area contributed by atoms with Gasteiger partial charge >= 0.3 is 0 Å². The molecule has 2 N–H and O–H groups in total. The van der Waals surface area contributed by atoms with Crippen LogP contribution in [0.3, 0.4) is 0 Å². The molecule has 0 fully saturated rings. The molecule has 0 aliphatic carbocycles. The maximum Gasteiger partial charge on any atom is 0.269 e. The molecule has 0 bridgehead atoms. The summed E-state index contributed by atoms with van der Waals surface area (Å²) in [7, 11) is 0. The van der Waals surface area contributed by atoms with Crippen molar-refractivity contribution in [2.45, 2.75) is 0 Å². The van der Waals surface area contributed by atoms with E-state index in [9.17, 15) is 4.79 Å². The van der Waals surface area contributed by atoms with Crippen LogP contribution in [0.4, 0.5) is 0 Å². The van der Waals surface area contributed by atoms with Gasteiger partial charge in [-0.05, 0) is 12.1 Å². The Kier molecular flexibility index (Phi) is 4.04. The Morgan fingerprint density at radius 3 is 1.83 bits per heavy atom. The molecule has 18 heavy (non-hydrogen) atoms. The Morgan fingerprint density at radius 2 is 1.28 bits per heavy atom. The topological polar surface area (TPSA) is 41.1 Å². The number of thiocarbonyl (C=S) groups is 1. The molecule has 0 saturated carbocycles. The molecule has 2 rings (SSSR count). The number of rotatable bonds is 2. The lowest BCUT2D eigenvalue weighted by atomic mass is 10.2. The Labute approximate surface area is 111 Å². The van der Waals surface area contributed by atoms with Crippen LogP contribution in [0.5, 0.6) is 0 Å². The van der Waals surface area contributed by atoms with Crippen molar-refractivity contribution >= 4 is 23.1 Å². The van der Waals surface area contributed by atoms with E-state index in [0.29, 0.717) is 10.6 Å². The van der Waals surface area contributed by atoms with Gasteiger partial charge in [0.1, 0.15) is 4.99 Å². The predicted octanol–water partition coefficient (Wildman–Crippen LogP) is 2.30. The Hall–Kier alpha value is -2.20. The molecule has 0 saturated heterocycles. The lowest BCUT2D eigenvalue weighted by molar-refractivity contribution is 0.0944. The second-order valence-electron chi connectivity index (χ2n) is 3.64. The minimum Gasteiger partial charge on any atom is -0.287 e. The predicted molar refractivity (Wildman–Crippen MR) is 75.2 cm³/mol. The fraction of sp³-hybridized carbons (Fsp3) is 0. The molecule has 3 nitrogen and oxygen atoms in total. The van der Waals surface area contributed by atoms with E-state index in [0.717, 1.165) is 5.56 Å². The summed E-state index contributed by atoms with van der Waals surface area (Å²) in [6.45, 7) is 0. The standard InChI is InChI=1S/C14H12N2OS/c17-13(11-7-3-1-4-8-11)15-16-14(18)12-9-5-2-6-10-12/h1-10H,(H,15,17)(H,16,18). The van der Waals surface area contributed by atoms with E-state index in [1.54, 1.807) is 12.1 Å². The van der Waals surface area contributed by atoms with Gasteiger partial charge in [-0.1, -0.05) is 60.7 Å². The van der Waals surface area contributed by atoms with E-state index < -0.39 is 0 Å². The van der Waals surface area contributed by atoms with E-state index >= 15 is 0 Å². The minimum absolute atomic E-state index is 0.214. The molecular weight excluding hydrogens is 244 g/mol. The summed E-state index contributed by atoms with van der Waals surface area (Å²) in [5.74, 6) is -0.214. The van der Waals surface area contributed by atoms with Crippen molar-refractivity contribution in [3.8, 4) is 0 Å². The largest absolute Gasteiger partial charge is 0.287 e. The number of nitrogens with one attached hydrogen (secondary N) is 2. The van der Waals surface area contributed by atoms with Gasteiger partial charge in [0, 0.05) is 11.1 Å². The fourth-order valence-electron chi connectivity index (χ4n) is 1.44. The van der Waals surface area contributed by atoms with Gasteiger partial charge in [0.2, 0.25) is 0 Å². The molecule has 4 heteroatoms. The van der Waals surface area contributed by atoms with Crippen LogP contribution >= 0.6 is 12.2 Å². The minimum atomic E-state index is -0.214. The molecule has 0 atom stereocenters. The molecule has 0 aromatic heterocycles. The average Bonchev–Trinajstić information content (AvgIpc) is 2.46. The second kappa shape index (κ2) is 5.93. The van der Waals surface area contributed by atoms with Crippen LogP contribution in [0.2, 0.25) is 0 Å². The summed E-state index contributed by atoms with van der Waals surface area (Å²) in [4.78, 5) is 12.2. The van der Waals surface area contributed by atoms with E-state index in [-0.39, 0.29) is 5.91 Å². The van der Waals surface area contributed by atoms with Gasteiger partial charge in [-0.15, -0.1) is 0 Å². The van der Waals surface area contributed by atoms with E-state index in [1.165, 1.54) is 0 Å². The summed E-state index contributed by atoms with van der Waals surface area (Å²) in [6.07, 6.45) is 0. The first-order valence-electron chi connectivity index (χ1n) is 5.48. The highest BCUT2D eigenvalue weighted by molar-refractivity contribution is 7.80. The summed E-state index contributed by atoms with van der Waals surface area (Å²) < 4.78 is 0. The molecule has 0 aliphatic heterocycles. The molecule has 90 valence electrons. The second-order valence-corrected chi connectivity index (χ2v) is 4.05. The lowest BCUT2D eigenvalue weighted by Crippen LogP contribution is -2.41. The summed E-state index contributed by atoms with van der Waals surface area (Å²) in [5, 5.41) is 0. The monoisotopic (exact) mass is 256 g/mol. The highest BCUT2D eigenvalue weighted by Crippen LogP contribution is 1.99. The Balaban J connectivity index is 1.93. The van der Waals surface area contributed by atoms with Gasteiger partial charge in [-0.25, -0.2) is 0 Å². The van der Waals surface area contributed by atoms with Gasteiger partial charge in [-0.3, -0.25) is 15.6 Å². The van der Waals surface area contributed by atoms with Crippen LogP contribution in [-0.4, -0.2) is 10.9 Å². The molecule has 1 amide bonds. The Bertz CT molecular complexity index is 489. The number of carbonyl (C=O) groups excluding carboxylic acids is 1. The third-order valence-electron chi connectivity index (χ3n) is 2.36. The average molecular weight is 256 g/mol. The van der Waals surface area contributed by atoms with Crippen LogP contribution in [0.25, 0.3) is 0 Å². The van der Waals surface area contributed by atoms with Gasteiger partial charge in [0.05, 0.1) is 0 Å². The molecule has 2 aromatic rings. The molecule has 2 aromatic carbocycles. The summed E-state index contributed by atoms with van der Waals surface area (Å²) in [5.41, 5.74) is 6.74. The third kappa shape index (κ3) is 3.15. The number of amides is 1. The highest BCUT2D eigenvalue weighted by Gasteiger charge is 2.05. The molecule has 0 aliphatic rings. The maximum absolute atomic E-state index is 11.7. The van der Waals surface area contributed by atoms with Crippen LogP contribution in [0.1, 0.15) is 15.9 Å². The first kappa shape index (κ1) is 12.3. The van der Waals surface area contributed by atoms with Crippen molar-refractivity contribution in [1.29, 1.82) is 0 Å². The van der Waals surface area contributed by atoms with E-state index in [2.05, 4.69) is 10.9 Å². The van der Waals surface area contributed by atoms with Gasteiger partial charge in [0.15, 0.2) is 0 Å². The van der Waals surface area contributed by atoms with Crippen LogP contribution in [0.15, 0.2) is 60.7 Å². The van der Waals surface area contributed by atoms with Crippen molar-refractivity contribution in [3.05, 3.63) is 71.8 Å². The number of hydrazine groups is 1. The van der Waals surface area contributed by atoms with Crippen molar-refractivity contribution in [2.75, 3.05) is 0 Å². The highest BCUT2D eigenvalue weighted by atomic mass is 32.1. The molecular formula is C14H12N2OS.